The molecule has 0 spiro atoms. The first-order valence-corrected chi connectivity index (χ1v) is 4.33. The predicted octanol–water partition coefficient (Wildman–Crippen LogP) is 1.62. The summed E-state index contributed by atoms with van der Waals surface area (Å²) in [5.41, 5.74) is 0.557. The summed E-state index contributed by atoms with van der Waals surface area (Å²) in [6, 6.07) is 0. The van der Waals surface area contributed by atoms with Gasteiger partial charge in [0.25, 0.3) is 0 Å². The van der Waals surface area contributed by atoms with Crippen LogP contribution in [-0.2, 0) is 4.79 Å². The summed E-state index contributed by atoms with van der Waals surface area (Å²) >= 11 is 0. The monoisotopic (exact) mass is 136 g/mol. The first kappa shape index (κ1) is 5.34. The maximum atomic E-state index is 11.4. The van der Waals surface area contributed by atoms with Crippen molar-refractivity contribution in [3.05, 3.63) is 0 Å². The zero-order valence-electron chi connectivity index (χ0n) is 6.26. The Morgan fingerprint density at radius 1 is 1.70 bits per heavy atom. The normalized spacial score (nSPS) is 61.7. The van der Waals surface area contributed by atoms with Crippen LogP contribution in [-0.4, -0.2) is 5.78 Å². The van der Waals surface area contributed by atoms with E-state index in [-0.39, 0.29) is 0 Å². The van der Waals surface area contributed by atoms with E-state index in [4.69, 9.17) is 0 Å². The first-order chi connectivity index (χ1) is 4.79. The zero-order valence-corrected chi connectivity index (χ0v) is 6.26. The lowest BCUT2D eigenvalue weighted by Crippen LogP contribution is -2.00. The number of carbonyl (C=O) groups excluding carboxylic acids is 1. The van der Waals surface area contributed by atoms with Gasteiger partial charge in [0, 0.05) is 11.8 Å². The van der Waals surface area contributed by atoms with Crippen LogP contribution in [0.25, 0.3) is 0 Å². The molecule has 4 saturated carbocycles. The summed E-state index contributed by atoms with van der Waals surface area (Å²) in [4.78, 5) is 11.4. The fourth-order valence-corrected chi connectivity index (χ4v) is 3.65. The Hall–Kier alpha value is -0.330. The van der Waals surface area contributed by atoms with Crippen molar-refractivity contribution in [3.63, 3.8) is 0 Å². The number of Topliss-reactive ketones (excluding diaryl/α,β-unsaturated/α-hetero) is 1. The Labute approximate surface area is 60.8 Å². The van der Waals surface area contributed by atoms with Crippen LogP contribution in [0.15, 0.2) is 0 Å². The fourth-order valence-electron chi connectivity index (χ4n) is 3.65. The summed E-state index contributed by atoms with van der Waals surface area (Å²) in [7, 11) is 0. The van der Waals surface area contributed by atoms with Gasteiger partial charge in [0.15, 0.2) is 0 Å². The molecule has 0 aromatic carbocycles. The van der Waals surface area contributed by atoms with Crippen LogP contribution < -0.4 is 0 Å². The highest BCUT2D eigenvalue weighted by atomic mass is 16.1. The van der Waals surface area contributed by atoms with Crippen LogP contribution in [0.5, 0.6) is 0 Å². The van der Waals surface area contributed by atoms with Crippen LogP contribution >= 0.6 is 0 Å². The number of hydrogen-bond acceptors (Lipinski definition) is 1. The molecule has 4 fully saturated rings. The van der Waals surface area contributed by atoms with Crippen molar-refractivity contribution >= 4 is 5.78 Å². The Kier molecular flexibility index (Phi) is 0.637. The molecule has 10 heavy (non-hydrogen) atoms. The van der Waals surface area contributed by atoms with Crippen LogP contribution in [0.3, 0.4) is 0 Å². The second-order valence-corrected chi connectivity index (χ2v) is 4.21. The molecule has 4 atom stereocenters. The van der Waals surface area contributed by atoms with Crippen molar-refractivity contribution < 1.29 is 4.79 Å². The zero-order chi connectivity index (χ0) is 6.93. The molecule has 4 rings (SSSR count). The van der Waals surface area contributed by atoms with Crippen LogP contribution in [0.4, 0.5) is 0 Å². The Bertz CT molecular complexity index is 221. The van der Waals surface area contributed by atoms with Gasteiger partial charge in [-0.05, 0) is 30.6 Å². The minimum absolute atomic E-state index is 0.509. The van der Waals surface area contributed by atoms with E-state index >= 15 is 0 Å². The molecule has 0 aliphatic heterocycles. The molecule has 0 aromatic heterocycles. The number of rotatable bonds is 1. The highest BCUT2D eigenvalue weighted by Crippen LogP contribution is 2.78. The van der Waals surface area contributed by atoms with Crippen molar-refractivity contribution in [2.75, 3.05) is 0 Å². The topological polar surface area (TPSA) is 17.1 Å². The van der Waals surface area contributed by atoms with Crippen molar-refractivity contribution in [1.82, 2.24) is 0 Å². The summed E-state index contributed by atoms with van der Waals surface area (Å²) in [6.45, 7) is 2.24. The quantitative estimate of drug-likeness (QED) is 0.535. The van der Waals surface area contributed by atoms with Gasteiger partial charge in [-0.2, -0.15) is 0 Å². The summed E-state index contributed by atoms with van der Waals surface area (Å²) in [5.74, 6) is 2.51. The Balaban J connectivity index is 2.08. The second kappa shape index (κ2) is 1.19. The van der Waals surface area contributed by atoms with Gasteiger partial charge >= 0.3 is 0 Å². The van der Waals surface area contributed by atoms with Crippen LogP contribution in [0.2, 0.25) is 0 Å². The van der Waals surface area contributed by atoms with Crippen molar-refractivity contribution in [2.24, 2.45) is 23.2 Å². The van der Waals surface area contributed by atoms with Crippen molar-refractivity contribution in [2.45, 2.75) is 26.2 Å². The maximum Gasteiger partial charge on any atom is 0.139 e. The predicted molar refractivity (Wildman–Crippen MR) is 37.4 cm³/mol. The van der Waals surface area contributed by atoms with E-state index in [9.17, 15) is 4.79 Å². The van der Waals surface area contributed by atoms with E-state index in [0.29, 0.717) is 23.0 Å². The molecule has 4 aliphatic rings. The third-order valence-corrected chi connectivity index (χ3v) is 4.18. The van der Waals surface area contributed by atoms with E-state index in [2.05, 4.69) is 6.92 Å². The largest absolute Gasteiger partial charge is 0.299 e. The molecule has 4 bridgehead atoms. The molecule has 0 saturated heterocycles. The molecule has 4 aliphatic carbocycles. The smallest absolute Gasteiger partial charge is 0.139 e. The van der Waals surface area contributed by atoms with Gasteiger partial charge < -0.3 is 0 Å². The average molecular weight is 136 g/mol. The number of ketones is 1. The standard InChI is InChI=1S/C9H12O/c1-2-9-4-5-3-6(9)7(9)8(5)10/h5-7H,2-4H2,1H3/t5-,6-,7-,9?/m0/s1. The van der Waals surface area contributed by atoms with Crippen molar-refractivity contribution in [1.29, 1.82) is 0 Å². The van der Waals surface area contributed by atoms with E-state index in [1.165, 1.54) is 19.3 Å². The SMILES string of the molecule is CCC12C[C@@H]3C[C@H]1[C@H]2C3=O. The molecule has 1 unspecified atom stereocenters. The van der Waals surface area contributed by atoms with Crippen molar-refractivity contribution in [3.8, 4) is 0 Å². The lowest BCUT2D eigenvalue weighted by molar-refractivity contribution is -0.120. The summed E-state index contributed by atoms with van der Waals surface area (Å²) < 4.78 is 0. The summed E-state index contributed by atoms with van der Waals surface area (Å²) in [5, 5.41) is 0. The van der Waals surface area contributed by atoms with E-state index in [1.54, 1.807) is 0 Å². The van der Waals surface area contributed by atoms with E-state index in [0.717, 1.165) is 5.92 Å². The van der Waals surface area contributed by atoms with Crippen LogP contribution in [0, 0.1) is 23.2 Å². The molecule has 1 heteroatoms. The van der Waals surface area contributed by atoms with Gasteiger partial charge in [0.05, 0.1) is 0 Å². The molecule has 0 amide bonds. The highest BCUT2D eigenvalue weighted by Gasteiger charge is 2.77. The molecule has 0 aromatic rings. The van der Waals surface area contributed by atoms with Crippen LogP contribution in [0.1, 0.15) is 26.2 Å². The molecule has 54 valence electrons. The molecule has 1 nitrogen and oxygen atoms in total. The Morgan fingerprint density at radius 3 is 2.70 bits per heavy atom. The van der Waals surface area contributed by atoms with E-state index < -0.39 is 0 Å². The van der Waals surface area contributed by atoms with Gasteiger partial charge in [-0.3, -0.25) is 4.79 Å². The lowest BCUT2D eigenvalue weighted by atomic mass is 10.0. The minimum atomic E-state index is 0.509. The summed E-state index contributed by atoms with van der Waals surface area (Å²) in [6.07, 6.45) is 3.75. The van der Waals surface area contributed by atoms with E-state index in [1.807, 2.05) is 0 Å². The molecular formula is C9H12O. The molecular weight excluding hydrogens is 124 g/mol. The van der Waals surface area contributed by atoms with Gasteiger partial charge in [0.2, 0.25) is 0 Å². The lowest BCUT2D eigenvalue weighted by Gasteiger charge is -2.02. The number of hydrogen-bond donors (Lipinski definition) is 0. The van der Waals surface area contributed by atoms with Gasteiger partial charge in [0.1, 0.15) is 5.78 Å². The number of carbonyl (C=O) groups is 1. The van der Waals surface area contributed by atoms with Gasteiger partial charge in [-0.1, -0.05) is 6.92 Å². The third-order valence-electron chi connectivity index (χ3n) is 4.18. The van der Waals surface area contributed by atoms with Gasteiger partial charge in [-0.25, -0.2) is 0 Å². The third kappa shape index (κ3) is 0.301. The fraction of sp³-hybridized carbons (Fsp3) is 0.889. The maximum absolute atomic E-state index is 11.4. The molecule has 0 N–H and O–H groups in total. The first-order valence-electron chi connectivity index (χ1n) is 4.33. The Morgan fingerprint density at radius 2 is 2.50 bits per heavy atom. The average Bonchev–Trinajstić information content (AvgIpc) is 2.36. The van der Waals surface area contributed by atoms with Gasteiger partial charge in [-0.15, -0.1) is 0 Å². The highest BCUT2D eigenvalue weighted by molar-refractivity contribution is 5.93. The minimum Gasteiger partial charge on any atom is -0.299 e. The molecule has 0 heterocycles. The molecule has 0 radical (unpaired) electrons. The second-order valence-electron chi connectivity index (χ2n) is 4.21.